The standard InChI is InChI=1S/C18H24N4O5S.C4H4O4/c1-22(2)7-6-19-17(24)13-10-28-18(20-13)21-16(23)12-8-11(25-3)9-14(26-4)15(12)27-5;5-3(6)1-2-4(7)8/h8-10H,6-7H2,1-5H3,(H,19,24)(H,20,21,23);1-2H,(H,5,6)(H,7,8). The number of carboxylic acids is 2. The first kappa shape index (κ1) is 29.9. The molecule has 0 fully saturated rings. The molecule has 0 aliphatic carbocycles. The number of nitrogens with zero attached hydrogens (tertiary/aromatic N) is 2. The van der Waals surface area contributed by atoms with Gasteiger partial charge >= 0.3 is 11.9 Å². The van der Waals surface area contributed by atoms with E-state index in [0.717, 1.165) is 17.9 Å². The number of likely N-dealkylation sites (N-methyl/N-ethyl adjacent to an activating group) is 1. The Labute approximate surface area is 211 Å². The first-order valence-corrected chi connectivity index (χ1v) is 11.0. The number of amides is 2. The van der Waals surface area contributed by atoms with Crippen LogP contribution in [0.2, 0.25) is 0 Å². The van der Waals surface area contributed by atoms with Crippen molar-refractivity contribution >= 4 is 40.2 Å². The number of carbonyl (C=O) groups is 4. The molecule has 0 spiro atoms. The maximum Gasteiger partial charge on any atom is 0.328 e. The number of ether oxygens (including phenoxy) is 3. The fourth-order valence-corrected chi connectivity index (χ4v) is 3.14. The Morgan fingerprint density at radius 2 is 1.64 bits per heavy atom. The summed E-state index contributed by atoms with van der Waals surface area (Å²) in [5.74, 6) is -2.17. The highest BCUT2D eigenvalue weighted by atomic mass is 32.1. The number of aromatic nitrogens is 1. The van der Waals surface area contributed by atoms with Crippen LogP contribution in [0.25, 0.3) is 0 Å². The molecule has 1 aromatic heterocycles. The number of thiazole rings is 1. The topological polar surface area (TPSA) is 177 Å². The second-order valence-electron chi connectivity index (χ2n) is 6.97. The molecule has 0 atom stereocenters. The van der Waals surface area contributed by atoms with E-state index < -0.39 is 17.8 Å². The van der Waals surface area contributed by atoms with Crippen molar-refractivity contribution in [3.05, 3.63) is 40.9 Å². The van der Waals surface area contributed by atoms with Gasteiger partial charge in [-0.25, -0.2) is 14.6 Å². The number of benzene rings is 1. The second kappa shape index (κ2) is 15.0. The molecule has 4 N–H and O–H groups in total. The zero-order chi connectivity index (χ0) is 27.3. The smallest absolute Gasteiger partial charge is 0.328 e. The van der Waals surface area contributed by atoms with Gasteiger partial charge in [0.15, 0.2) is 16.6 Å². The summed E-state index contributed by atoms with van der Waals surface area (Å²) in [6.45, 7) is 1.22. The van der Waals surface area contributed by atoms with Gasteiger partial charge in [0.05, 0.1) is 26.9 Å². The third-order valence-electron chi connectivity index (χ3n) is 4.10. The Balaban J connectivity index is 0.000000697. The van der Waals surface area contributed by atoms with Crippen molar-refractivity contribution in [3.8, 4) is 17.2 Å². The molecule has 2 aromatic rings. The average molecular weight is 525 g/mol. The van der Waals surface area contributed by atoms with E-state index >= 15 is 0 Å². The van der Waals surface area contributed by atoms with Gasteiger partial charge in [-0.2, -0.15) is 0 Å². The van der Waals surface area contributed by atoms with E-state index in [1.807, 2.05) is 19.0 Å². The highest BCUT2D eigenvalue weighted by molar-refractivity contribution is 7.14. The molecule has 196 valence electrons. The maximum atomic E-state index is 12.7. The van der Waals surface area contributed by atoms with Crippen LogP contribution < -0.4 is 24.8 Å². The molecular formula is C22H28N4O9S. The van der Waals surface area contributed by atoms with Crippen molar-refractivity contribution in [1.29, 1.82) is 0 Å². The molecule has 1 heterocycles. The summed E-state index contributed by atoms with van der Waals surface area (Å²) >= 11 is 1.16. The second-order valence-corrected chi connectivity index (χ2v) is 7.83. The lowest BCUT2D eigenvalue weighted by atomic mass is 10.1. The molecule has 1 aromatic carbocycles. The van der Waals surface area contributed by atoms with Crippen LogP contribution in [0.3, 0.4) is 0 Å². The quantitative estimate of drug-likeness (QED) is 0.313. The van der Waals surface area contributed by atoms with E-state index in [2.05, 4.69) is 15.6 Å². The van der Waals surface area contributed by atoms with E-state index in [4.69, 9.17) is 24.4 Å². The number of carbonyl (C=O) groups excluding carboxylic acids is 2. The molecule has 0 radical (unpaired) electrons. The van der Waals surface area contributed by atoms with Crippen molar-refractivity contribution in [3.63, 3.8) is 0 Å². The summed E-state index contributed by atoms with van der Waals surface area (Å²) in [6, 6.07) is 3.16. The van der Waals surface area contributed by atoms with E-state index in [0.29, 0.717) is 35.3 Å². The highest BCUT2D eigenvalue weighted by Gasteiger charge is 2.21. The zero-order valence-corrected chi connectivity index (χ0v) is 21.2. The minimum Gasteiger partial charge on any atom is -0.497 e. The van der Waals surface area contributed by atoms with E-state index in [-0.39, 0.29) is 22.9 Å². The van der Waals surface area contributed by atoms with Crippen LogP contribution in [0.15, 0.2) is 29.7 Å². The lowest BCUT2D eigenvalue weighted by Crippen LogP contribution is -2.31. The number of nitrogens with one attached hydrogen (secondary N) is 2. The summed E-state index contributed by atoms with van der Waals surface area (Å²) in [7, 11) is 8.25. The fraction of sp³-hybridized carbons (Fsp3) is 0.318. The Morgan fingerprint density at radius 3 is 2.14 bits per heavy atom. The van der Waals surface area contributed by atoms with E-state index in [1.165, 1.54) is 21.3 Å². The van der Waals surface area contributed by atoms with Crippen LogP contribution in [0.4, 0.5) is 5.13 Å². The van der Waals surface area contributed by atoms with Gasteiger partial charge in [0, 0.05) is 36.7 Å². The average Bonchev–Trinajstić information content (AvgIpc) is 3.30. The molecule has 2 amide bonds. The van der Waals surface area contributed by atoms with Crippen LogP contribution in [0, 0.1) is 0 Å². The van der Waals surface area contributed by atoms with Gasteiger partial charge in [-0.1, -0.05) is 0 Å². The van der Waals surface area contributed by atoms with E-state index in [9.17, 15) is 19.2 Å². The zero-order valence-electron chi connectivity index (χ0n) is 20.4. The number of rotatable bonds is 11. The fourth-order valence-electron chi connectivity index (χ4n) is 2.45. The number of anilines is 1. The number of hydrogen-bond acceptors (Lipinski definition) is 10. The number of aliphatic carboxylic acids is 2. The van der Waals surface area contributed by atoms with Crippen LogP contribution in [-0.4, -0.2) is 92.4 Å². The monoisotopic (exact) mass is 524 g/mol. The molecule has 13 nitrogen and oxygen atoms in total. The van der Waals surface area contributed by atoms with Crippen molar-refractivity contribution < 1.29 is 43.6 Å². The van der Waals surface area contributed by atoms with Gasteiger partial charge in [0.25, 0.3) is 11.8 Å². The highest BCUT2D eigenvalue weighted by Crippen LogP contribution is 2.36. The third-order valence-corrected chi connectivity index (χ3v) is 4.86. The Kier molecular flexibility index (Phi) is 12.4. The molecule has 2 rings (SSSR count). The molecule has 0 bridgehead atoms. The van der Waals surface area contributed by atoms with Gasteiger partial charge < -0.3 is 34.6 Å². The van der Waals surface area contributed by atoms with Gasteiger partial charge in [-0.05, 0) is 20.2 Å². The third kappa shape index (κ3) is 9.99. The predicted octanol–water partition coefficient (Wildman–Crippen LogP) is 1.42. The van der Waals surface area contributed by atoms with Gasteiger partial charge in [0.1, 0.15) is 11.4 Å². The van der Waals surface area contributed by atoms with Crippen molar-refractivity contribution in [2.24, 2.45) is 0 Å². The SMILES string of the molecule is COc1cc(OC)c(OC)c(C(=O)Nc2nc(C(=O)NCCN(C)C)cs2)c1.O=C(O)C=CC(=O)O. The molecule has 36 heavy (non-hydrogen) atoms. The Bertz CT molecular complexity index is 1080. The van der Waals surface area contributed by atoms with Crippen LogP contribution in [0.5, 0.6) is 17.2 Å². The summed E-state index contributed by atoms with van der Waals surface area (Å²) < 4.78 is 15.8. The number of methoxy groups -OCH3 is 3. The van der Waals surface area contributed by atoms with Gasteiger partial charge in [-0.15, -0.1) is 11.3 Å². The first-order valence-electron chi connectivity index (χ1n) is 10.2. The largest absolute Gasteiger partial charge is 0.497 e. The maximum absolute atomic E-state index is 12.7. The van der Waals surface area contributed by atoms with Gasteiger partial charge in [-0.3, -0.25) is 14.9 Å². The molecular weight excluding hydrogens is 496 g/mol. The minimum atomic E-state index is -1.26. The molecule has 0 saturated carbocycles. The number of carboxylic acid groups (broad SMARTS) is 2. The molecule has 0 aliphatic rings. The van der Waals surface area contributed by atoms with Crippen LogP contribution >= 0.6 is 11.3 Å². The lowest BCUT2D eigenvalue weighted by molar-refractivity contribution is -0.134. The Hall–Kier alpha value is -4.17. The van der Waals surface area contributed by atoms with Crippen LogP contribution in [0.1, 0.15) is 20.8 Å². The molecule has 14 heteroatoms. The molecule has 0 saturated heterocycles. The lowest BCUT2D eigenvalue weighted by Gasteiger charge is -2.14. The Morgan fingerprint density at radius 1 is 1.00 bits per heavy atom. The normalized spacial score (nSPS) is 10.3. The summed E-state index contributed by atoms with van der Waals surface area (Å²) in [4.78, 5) is 50.1. The van der Waals surface area contributed by atoms with Crippen LogP contribution in [-0.2, 0) is 9.59 Å². The summed E-state index contributed by atoms with van der Waals surface area (Å²) in [5, 5.41) is 23.0. The summed E-state index contributed by atoms with van der Waals surface area (Å²) in [5.41, 5.74) is 0.472. The van der Waals surface area contributed by atoms with Gasteiger partial charge in [0.2, 0.25) is 0 Å². The van der Waals surface area contributed by atoms with Crippen molar-refractivity contribution in [1.82, 2.24) is 15.2 Å². The minimum absolute atomic E-state index is 0.228. The predicted molar refractivity (Wildman–Crippen MR) is 131 cm³/mol. The first-order chi connectivity index (χ1) is 17.0. The summed E-state index contributed by atoms with van der Waals surface area (Å²) in [6.07, 6.45) is 1.12. The molecule has 0 aliphatic heterocycles. The van der Waals surface area contributed by atoms with E-state index in [1.54, 1.807) is 17.5 Å². The van der Waals surface area contributed by atoms with Crippen molar-refractivity contribution in [2.45, 2.75) is 0 Å². The van der Waals surface area contributed by atoms with Crippen molar-refractivity contribution in [2.75, 3.05) is 53.8 Å². The molecule has 0 unspecified atom stereocenters. The number of hydrogen-bond donors (Lipinski definition) is 4.